The molecule has 6 heteroatoms. The molecule has 0 fully saturated rings. The third kappa shape index (κ3) is 4.14. The Labute approximate surface area is 101 Å². The largest absolute Gasteiger partial charge is 0.392 e. The van der Waals surface area contributed by atoms with Crippen LogP contribution < -0.4 is 11.1 Å². The molecule has 0 aliphatic carbocycles. The highest BCUT2D eigenvalue weighted by Crippen LogP contribution is 2.14. The van der Waals surface area contributed by atoms with E-state index in [4.69, 9.17) is 18.0 Å². The van der Waals surface area contributed by atoms with Gasteiger partial charge in [0.2, 0.25) is 11.8 Å². The van der Waals surface area contributed by atoms with E-state index in [2.05, 4.69) is 5.32 Å². The lowest BCUT2D eigenvalue weighted by atomic mass is 9.92. The number of nitrogens with one attached hydrogen (secondary N) is 1. The van der Waals surface area contributed by atoms with Crippen molar-refractivity contribution in [2.45, 2.75) is 20.3 Å². The first-order valence-corrected chi connectivity index (χ1v) is 5.38. The Morgan fingerprint density at radius 1 is 1.38 bits per heavy atom. The summed E-state index contributed by atoms with van der Waals surface area (Å²) >= 11 is 4.79. The van der Waals surface area contributed by atoms with Crippen molar-refractivity contribution in [1.29, 1.82) is 0 Å². The first-order chi connectivity index (χ1) is 7.19. The minimum Gasteiger partial charge on any atom is -0.392 e. The summed E-state index contributed by atoms with van der Waals surface area (Å²) in [5.74, 6) is -0.292. The van der Waals surface area contributed by atoms with E-state index in [0.717, 1.165) is 0 Å². The van der Waals surface area contributed by atoms with Gasteiger partial charge in [-0.05, 0) is 13.8 Å². The van der Waals surface area contributed by atoms with Crippen LogP contribution in [0.1, 0.15) is 20.3 Å². The van der Waals surface area contributed by atoms with Crippen molar-refractivity contribution < 1.29 is 9.59 Å². The number of thiocarbonyl (C=S) groups is 1. The van der Waals surface area contributed by atoms with Gasteiger partial charge in [0.05, 0.1) is 10.4 Å². The molecular formula is C10H19N3O2S. The van der Waals surface area contributed by atoms with Gasteiger partial charge >= 0.3 is 0 Å². The Morgan fingerprint density at radius 3 is 2.25 bits per heavy atom. The van der Waals surface area contributed by atoms with Crippen molar-refractivity contribution in [3.63, 3.8) is 0 Å². The minimum absolute atomic E-state index is 0.0339. The molecule has 0 aliphatic heterocycles. The molecule has 16 heavy (non-hydrogen) atoms. The molecule has 0 saturated carbocycles. The van der Waals surface area contributed by atoms with Gasteiger partial charge in [0.15, 0.2) is 0 Å². The second-order valence-electron chi connectivity index (χ2n) is 4.28. The van der Waals surface area contributed by atoms with Gasteiger partial charge < -0.3 is 16.0 Å². The third-order valence-corrected chi connectivity index (χ3v) is 2.82. The lowest BCUT2D eigenvalue weighted by Crippen LogP contribution is -2.45. The van der Waals surface area contributed by atoms with Crippen LogP contribution in [0.3, 0.4) is 0 Å². The van der Waals surface area contributed by atoms with Crippen molar-refractivity contribution >= 4 is 29.0 Å². The van der Waals surface area contributed by atoms with Crippen LogP contribution in [0.2, 0.25) is 0 Å². The molecule has 0 spiro atoms. The van der Waals surface area contributed by atoms with Crippen molar-refractivity contribution in [2.75, 3.05) is 20.6 Å². The van der Waals surface area contributed by atoms with Gasteiger partial charge in [0.25, 0.3) is 0 Å². The summed E-state index contributed by atoms with van der Waals surface area (Å²) in [6, 6.07) is 0. The second kappa shape index (κ2) is 5.79. The zero-order valence-electron chi connectivity index (χ0n) is 10.2. The number of hydrogen-bond acceptors (Lipinski definition) is 3. The SMILES string of the molecule is CN(C)C(=O)CCNC(=O)C(C)(C)C(N)=S. The topological polar surface area (TPSA) is 75.4 Å². The Hall–Kier alpha value is -1.17. The minimum atomic E-state index is -0.878. The van der Waals surface area contributed by atoms with Gasteiger partial charge in [-0.2, -0.15) is 0 Å². The van der Waals surface area contributed by atoms with E-state index >= 15 is 0 Å². The molecule has 0 unspecified atom stereocenters. The van der Waals surface area contributed by atoms with Crippen LogP contribution in [0.15, 0.2) is 0 Å². The summed E-state index contributed by atoms with van der Waals surface area (Å²) in [5.41, 5.74) is 4.57. The number of hydrogen-bond donors (Lipinski definition) is 2. The van der Waals surface area contributed by atoms with Gasteiger partial charge in [-0.1, -0.05) is 12.2 Å². The van der Waals surface area contributed by atoms with Crippen LogP contribution in [0.25, 0.3) is 0 Å². The highest BCUT2D eigenvalue weighted by Gasteiger charge is 2.30. The van der Waals surface area contributed by atoms with E-state index in [0.29, 0.717) is 6.54 Å². The predicted octanol–water partition coefficient (Wildman–Crippen LogP) is -0.107. The normalized spacial score (nSPS) is 10.8. The summed E-state index contributed by atoms with van der Waals surface area (Å²) < 4.78 is 0. The fourth-order valence-corrected chi connectivity index (χ4v) is 0.932. The highest BCUT2D eigenvalue weighted by atomic mass is 32.1. The van der Waals surface area contributed by atoms with E-state index in [1.165, 1.54) is 4.90 Å². The van der Waals surface area contributed by atoms with E-state index in [1.54, 1.807) is 27.9 Å². The van der Waals surface area contributed by atoms with Crippen LogP contribution in [0.4, 0.5) is 0 Å². The summed E-state index contributed by atoms with van der Waals surface area (Å²) in [4.78, 5) is 24.5. The smallest absolute Gasteiger partial charge is 0.232 e. The zero-order chi connectivity index (χ0) is 12.9. The van der Waals surface area contributed by atoms with Crippen molar-refractivity contribution in [3.05, 3.63) is 0 Å². The molecule has 0 radical (unpaired) electrons. The molecule has 92 valence electrons. The molecule has 0 aliphatic rings. The Kier molecular flexibility index (Phi) is 5.37. The van der Waals surface area contributed by atoms with E-state index in [9.17, 15) is 9.59 Å². The van der Waals surface area contributed by atoms with Gasteiger partial charge in [-0.15, -0.1) is 0 Å². The number of amides is 2. The van der Waals surface area contributed by atoms with Crippen LogP contribution >= 0.6 is 12.2 Å². The van der Waals surface area contributed by atoms with E-state index in [-0.39, 0.29) is 23.2 Å². The van der Waals surface area contributed by atoms with Gasteiger partial charge in [0, 0.05) is 27.1 Å². The standard InChI is InChI=1S/C10H19N3O2S/c1-10(2,8(11)16)9(15)12-6-5-7(14)13(3)4/h5-6H2,1-4H3,(H2,11,16)(H,12,15). The Balaban J connectivity index is 4.10. The highest BCUT2D eigenvalue weighted by molar-refractivity contribution is 7.80. The first-order valence-electron chi connectivity index (χ1n) is 4.98. The molecule has 0 rings (SSSR count). The molecule has 3 N–H and O–H groups in total. The molecule has 5 nitrogen and oxygen atoms in total. The molecule has 0 aromatic carbocycles. The molecule has 0 heterocycles. The van der Waals surface area contributed by atoms with Gasteiger partial charge in [-0.3, -0.25) is 9.59 Å². The Morgan fingerprint density at radius 2 is 1.88 bits per heavy atom. The fraction of sp³-hybridized carbons (Fsp3) is 0.700. The number of nitrogens with zero attached hydrogens (tertiary/aromatic N) is 1. The number of nitrogens with two attached hydrogens (primary N) is 1. The molecule has 0 saturated heterocycles. The molecule has 0 aromatic heterocycles. The zero-order valence-corrected chi connectivity index (χ0v) is 11.0. The average molecular weight is 245 g/mol. The monoisotopic (exact) mass is 245 g/mol. The third-order valence-electron chi connectivity index (χ3n) is 2.31. The summed E-state index contributed by atoms with van der Waals surface area (Å²) in [6.07, 6.45) is 0.270. The molecular weight excluding hydrogens is 226 g/mol. The first kappa shape index (κ1) is 14.8. The predicted molar refractivity (Wildman–Crippen MR) is 66.9 cm³/mol. The van der Waals surface area contributed by atoms with Crippen molar-refractivity contribution in [1.82, 2.24) is 10.2 Å². The van der Waals surface area contributed by atoms with Gasteiger partial charge in [-0.25, -0.2) is 0 Å². The van der Waals surface area contributed by atoms with Crippen molar-refractivity contribution in [3.8, 4) is 0 Å². The number of rotatable bonds is 5. The van der Waals surface area contributed by atoms with Gasteiger partial charge in [0.1, 0.15) is 0 Å². The van der Waals surface area contributed by atoms with Crippen LogP contribution in [0, 0.1) is 5.41 Å². The summed E-state index contributed by atoms with van der Waals surface area (Å²) in [6.45, 7) is 3.60. The lowest BCUT2D eigenvalue weighted by molar-refractivity contribution is -0.129. The van der Waals surface area contributed by atoms with Crippen molar-refractivity contribution in [2.24, 2.45) is 11.1 Å². The molecule has 2 amide bonds. The average Bonchev–Trinajstić information content (AvgIpc) is 2.16. The van der Waals surface area contributed by atoms with Crippen LogP contribution in [-0.4, -0.2) is 42.3 Å². The Bertz CT molecular complexity index is 300. The molecule has 0 aromatic rings. The summed E-state index contributed by atoms with van der Waals surface area (Å²) in [5, 5.41) is 2.64. The number of carbonyl (C=O) groups excluding carboxylic acids is 2. The van der Waals surface area contributed by atoms with E-state index in [1.807, 2.05) is 0 Å². The fourth-order valence-electron chi connectivity index (χ4n) is 0.839. The maximum absolute atomic E-state index is 11.7. The maximum Gasteiger partial charge on any atom is 0.232 e. The molecule has 0 bridgehead atoms. The quantitative estimate of drug-likeness (QED) is 0.663. The van der Waals surface area contributed by atoms with Crippen LogP contribution in [-0.2, 0) is 9.59 Å². The number of carbonyl (C=O) groups is 2. The van der Waals surface area contributed by atoms with Crippen LogP contribution in [0.5, 0.6) is 0 Å². The molecule has 0 atom stereocenters. The van der Waals surface area contributed by atoms with E-state index < -0.39 is 5.41 Å². The maximum atomic E-state index is 11.7. The lowest BCUT2D eigenvalue weighted by Gasteiger charge is -2.22. The summed E-state index contributed by atoms with van der Waals surface area (Å²) in [7, 11) is 3.34. The second-order valence-corrected chi connectivity index (χ2v) is 4.72.